The van der Waals surface area contributed by atoms with E-state index in [9.17, 15) is 20.1 Å². The van der Waals surface area contributed by atoms with Gasteiger partial charge in [-0.15, -0.1) is 0 Å². The number of fused-ring (bicyclic) bond motifs is 6. The molecule has 0 atom stereocenters. The molecule has 1 amide bonds. The van der Waals surface area contributed by atoms with Crippen molar-refractivity contribution in [2.75, 3.05) is 0 Å². The monoisotopic (exact) mass is 450 g/mol. The van der Waals surface area contributed by atoms with Crippen LogP contribution in [0.2, 0.25) is 0 Å². The van der Waals surface area contributed by atoms with Crippen LogP contribution in [0.4, 0.5) is 0 Å². The summed E-state index contributed by atoms with van der Waals surface area (Å²) in [5.74, 6) is 0.378. The summed E-state index contributed by atoms with van der Waals surface area (Å²) in [6.07, 6.45) is 1.44. The first kappa shape index (κ1) is 19.9. The zero-order chi connectivity index (χ0) is 23.4. The van der Waals surface area contributed by atoms with Crippen LogP contribution in [0.25, 0.3) is 0 Å². The van der Waals surface area contributed by atoms with Crippen molar-refractivity contribution >= 4 is 12.1 Å². The van der Waals surface area contributed by atoms with E-state index in [0.717, 1.165) is 0 Å². The van der Waals surface area contributed by atoms with E-state index in [2.05, 4.69) is 5.10 Å². The second kappa shape index (κ2) is 7.11. The van der Waals surface area contributed by atoms with Gasteiger partial charge in [0.2, 0.25) is 0 Å². The summed E-state index contributed by atoms with van der Waals surface area (Å²) < 4.78 is 6.06. The maximum atomic E-state index is 13.7. The highest BCUT2D eigenvalue weighted by Crippen LogP contribution is 2.58. The number of carbonyl (C=O) groups excluding carboxylic acids is 1. The van der Waals surface area contributed by atoms with E-state index in [1.54, 1.807) is 48.5 Å². The Bertz CT molecular complexity index is 1460. The van der Waals surface area contributed by atoms with Gasteiger partial charge in [-0.05, 0) is 42.5 Å². The third-order valence-electron chi connectivity index (χ3n) is 6.24. The number of amides is 1. The van der Waals surface area contributed by atoms with Gasteiger partial charge in [-0.1, -0.05) is 30.3 Å². The quantitative estimate of drug-likeness (QED) is 0.385. The molecule has 2 aliphatic rings. The van der Waals surface area contributed by atoms with Crippen molar-refractivity contribution < 1.29 is 24.9 Å². The zero-order valence-electron chi connectivity index (χ0n) is 17.7. The molecule has 0 aromatic heterocycles. The van der Waals surface area contributed by atoms with Gasteiger partial charge < -0.3 is 20.1 Å². The summed E-state index contributed by atoms with van der Waals surface area (Å²) in [4.78, 5) is 13.7. The van der Waals surface area contributed by atoms with Crippen molar-refractivity contribution in [3.05, 3.63) is 113 Å². The molecule has 0 fully saturated rings. The van der Waals surface area contributed by atoms with Gasteiger partial charge in [-0.2, -0.15) is 5.10 Å². The van der Waals surface area contributed by atoms with E-state index in [1.807, 2.05) is 12.1 Å². The lowest BCUT2D eigenvalue weighted by atomic mass is 9.75. The third-order valence-corrected chi connectivity index (χ3v) is 6.24. The third kappa shape index (κ3) is 2.64. The molecule has 34 heavy (non-hydrogen) atoms. The molecule has 2 heterocycles. The average molecular weight is 450 g/mol. The van der Waals surface area contributed by atoms with Crippen LogP contribution in [0.5, 0.6) is 28.7 Å². The molecule has 6 rings (SSSR count). The van der Waals surface area contributed by atoms with Crippen LogP contribution >= 0.6 is 0 Å². The summed E-state index contributed by atoms with van der Waals surface area (Å²) in [6, 6.07) is 23.4. The van der Waals surface area contributed by atoms with E-state index in [0.29, 0.717) is 39.3 Å². The Labute approximate surface area is 194 Å². The first-order chi connectivity index (χ1) is 16.5. The van der Waals surface area contributed by atoms with Crippen molar-refractivity contribution in [3.63, 3.8) is 0 Å². The topological polar surface area (TPSA) is 103 Å². The summed E-state index contributed by atoms with van der Waals surface area (Å²) in [5, 5.41) is 36.5. The van der Waals surface area contributed by atoms with Gasteiger partial charge in [0.05, 0.1) is 6.21 Å². The Balaban J connectivity index is 1.69. The van der Waals surface area contributed by atoms with E-state index in [-0.39, 0.29) is 23.2 Å². The van der Waals surface area contributed by atoms with Crippen LogP contribution in [0.1, 0.15) is 32.6 Å². The largest absolute Gasteiger partial charge is 0.508 e. The van der Waals surface area contributed by atoms with Crippen LogP contribution in [0.3, 0.4) is 0 Å². The molecule has 1 spiro atoms. The number of aromatic hydroxyl groups is 3. The van der Waals surface area contributed by atoms with Gasteiger partial charge in [0.25, 0.3) is 5.91 Å². The number of phenols is 3. The second-order valence-corrected chi connectivity index (χ2v) is 8.14. The van der Waals surface area contributed by atoms with E-state index >= 15 is 0 Å². The summed E-state index contributed by atoms with van der Waals surface area (Å²) in [5.41, 5.74) is 1.60. The molecule has 0 unspecified atom stereocenters. The summed E-state index contributed by atoms with van der Waals surface area (Å²) >= 11 is 0. The van der Waals surface area contributed by atoms with Gasteiger partial charge in [-0.25, -0.2) is 5.01 Å². The first-order valence-corrected chi connectivity index (χ1v) is 10.6. The highest BCUT2D eigenvalue weighted by molar-refractivity contribution is 6.03. The smallest absolute Gasteiger partial charge is 0.275 e. The van der Waals surface area contributed by atoms with Crippen molar-refractivity contribution in [1.82, 2.24) is 5.01 Å². The number of ether oxygens (including phenoxy) is 1. The van der Waals surface area contributed by atoms with Gasteiger partial charge >= 0.3 is 0 Å². The zero-order valence-corrected chi connectivity index (χ0v) is 17.7. The minimum absolute atomic E-state index is 0.000583. The number of hydrogen-bond donors (Lipinski definition) is 3. The van der Waals surface area contributed by atoms with Crippen LogP contribution in [0.15, 0.2) is 90.0 Å². The van der Waals surface area contributed by atoms with Crippen LogP contribution in [-0.2, 0) is 5.54 Å². The standard InChI is InChI=1S/C27H18N2O5/c30-17-9-11-21-24(13-17)34-25-14-18(31)10-12-22(25)27(21)20-7-3-2-6-19(20)26(33)29(27)28-15-16-5-1-4-8-23(16)32/h1-15,30-32H/b28-15+. The number of phenolic OH excluding ortho intramolecular Hbond substituents is 3. The molecule has 0 bridgehead atoms. The maximum absolute atomic E-state index is 13.7. The van der Waals surface area contributed by atoms with E-state index < -0.39 is 5.54 Å². The molecule has 7 heteroatoms. The van der Waals surface area contributed by atoms with Crippen LogP contribution < -0.4 is 4.74 Å². The lowest BCUT2D eigenvalue weighted by molar-refractivity contribution is 0.0675. The first-order valence-electron chi connectivity index (χ1n) is 10.6. The fraction of sp³-hybridized carbons (Fsp3) is 0.0370. The normalized spacial score (nSPS) is 15.2. The predicted octanol–water partition coefficient (Wildman–Crippen LogP) is 4.69. The molecule has 0 saturated heterocycles. The minimum Gasteiger partial charge on any atom is -0.508 e. The molecular weight excluding hydrogens is 432 g/mol. The molecule has 0 saturated carbocycles. The van der Waals surface area contributed by atoms with Gasteiger partial charge in [0.1, 0.15) is 34.3 Å². The number of nitrogens with zero attached hydrogens (tertiary/aromatic N) is 2. The van der Waals surface area contributed by atoms with Crippen molar-refractivity contribution in [2.45, 2.75) is 5.54 Å². The summed E-state index contributed by atoms with van der Waals surface area (Å²) in [7, 11) is 0. The highest BCUT2D eigenvalue weighted by Gasteiger charge is 2.57. The molecule has 4 aromatic carbocycles. The lowest BCUT2D eigenvalue weighted by Crippen LogP contribution is -2.44. The Morgan fingerprint density at radius 2 is 1.38 bits per heavy atom. The Hall–Kier alpha value is -4.78. The minimum atomic E-state index is -1.22. The maximum Gasteiger partial charge on any atom is 0.275 e. The van der Waals surface area contributed by atoms with Gasteiger partial charge in [-0.3, -0.25) is 4.79 Å². The summed E-state index contributed by atoms with van der Waals surface area (Å²) in [6.45, 7) is 0. The van der Waals surface area contributed by atoms with E-state index in [4.69, 9.17) is 4.74 Å². The fourth-order valence-corrected chi connectivity index (χ4v) is 4.79. The number of benzene rings is 4. The number of para-hydroxylation sites is 1. The molecule has 4 aromatic rings. The van der Waals surface area contributed by atoms with Gasteiger partial charge in [0, 0.05) is 39.9 Å². The number of rotatable bonds is 2. The van der Waals surface area contributed by atoms with E-state index in [1.165, 1.54) is 35.5 Å². The SMILES string of the molecule is O=C1c2ccccc2C2(c3ccc(O)cc3Oc3cc(O)ccc32)N1/N=C/c1ccccc1O. The second-order valence-electron chi connectivity index (χ2n) is 8.14. The molecule has 166 valence electrons. The van der Waals surface area contributed by atoms with Crippen LogP contribution in [-0.4, -0.2) is 32.5 Å². The highest BCUT2D eigenvalue weighted by atomic mass is 16.5. The molecule has 7 nitrogen and oxygen atoms in total. The Morgan fingerprint density at radius 3 is 2.06 bits per heavy atom. The number of carbonyl (C=O) groups is 1. The molecular formula is C27H18N2O5. The Kier molecular flexibility index (Phi) is 4.16. The fourth-order valence-electron chi connectivity index (χ4n) is 4.79. The number of hydrogen-bond acceptors (Lipinski definition) is 6. The Morgan fingerprint density at radius 1 is 0.765 bits per heavy atom. The van der Waals surface area contributed by atoms with Crippen molar-refractivity contribution in [1.29, 1.82) is 0 Å². The molecule has 0 aliphatic carbocycles. The predicted molar refractivity (Wildman–Crippen MR) is 124 cm³/mol. The lowest BCUT2D eigenvalue weighted by Gasteiger charge is -2.41. The molecule has 0 radical (unpaired) electrons. The molecule has 2 aliphatic heterocycles. The number of hydrazone groups is 1. The van der Waals surface area contributed by atoms with Crippen molar-refractivity contribution in [2.24, 2.45) is 5.10 Å². The van der Waals surface area contributed by atoms with Crippen molar-refractivity contribution in [3.8, 4) is 28.7 Å². The average Bonchev–Trinajstić information content (AvgIpc) is 3.07. The molecule has 3 N–H and O–H groups in total. The van der Waals surface area contributed by atoms with Crippen LogP contribution in [0, 0.1) is 0 Å². The van der Waals surface area contributed by atoms with Gasteiger partial charge in [0.15, 0.2) is 0 Å².